The van der Waals surface area contributed by atoms with Crippen molar-refractivity contribution in [2.75, 3.05) is 25.0 Å². The largest absolute Gasteiger partial charge is 0.466 e. The van der Waals surface area contributed by atoms with E-state index in [9.17, 15) is 9.59 Å². The summed E-state index contributed by atoms with van der Waals surface area (Å²) in [5.74, 6) is -0.221. The summed E-state index contributed by atoms with van der Waals surface area (Å²) in [6.07, 6.45) is 1.33. The van der Waals surface area contributed by atoms with Gasteiger partial charge in [0.2, 0.25) is 0 Å². The van der Waals surface area contributed by atoms with Gasteiger partial charge in [0.1, 0.15) is 0 Å². The molecule has 0 atom stereocenters. The lowest BCUT2D eigenvalue weighted by molar-refractivity contribution is -0.149. The van der Waals surface area contributed by atoms with Crippen LogP contribution in [0.2, 0.25) is 0 Å². The molecule has 0 unspecified atom stereocenters. The number of anilines is 1. The number of carbonyl (C=O) groups excluding carboxylic acids is 2. The number of esters is 1. The number of nitrogens with zero attached hydrogens (tertiary/aromatic N) is 1. The van der Waals surface area contributed by atoms with Crippen LogP contribution in [0.3, 0.4) is 0 Å². The summed E-state index contributed by atoms with van der Waals surface area (Å²) in [6, 6.07) is 5.84. The van der Waals surface area contributed by atoms with E-state index in [1.165, 1.54) is 0 Å². The summed E-state index contributed by atoms with van der Waals surface area (Å²) < 4.78 is 5.05. The number of hydrogen-bond acceptors (Lipinski definition) is 3. The van der Waals surface area contributed by atoms with Crippen LogP contribution in [0.4, 0.5) is 10.5 Å². The third-order valence-electron chi connectivity index (χ3n) is 4.12. The molecule has 0 aliphatic carbocycles. The van der Waals surface area contributed by atoms with Gasteiger partial charge in [-0.15, -0.1) is 0 Å². The van der Waals surface area contributed by atoms with Crippen molar-refractivity contribution < 1.29 is 14.3 Å². The van der Waals surface area contributed by atoms with Crippen molar-refractivity contribution >= 4 is 17.7 Å². The highest BCUT2D eigenvalue weighted by molar-refractivity contribution is 5.91. The average molecular weight is 304 g/mol. The van der Waals surface area contributed by atoms with E-state index in [1.54, 1.807) is 4.90 Å². The predicted octanol–water partition coefficient (Wildman–Crippen LogP) is 3.11. The molecule has 2 amide bonds. The molecule has 120 valence electrons. The monoisotopic (exact) mass is 304 g/mol. The van der Waals surface area contributed by atoms with Crippen molar-refractivity contribution in [1.29, 1.82) is 0 Å². The maximum atomic E-state index is 12.4. The van der Waals surface area contributed by atoms with Gasteiger partial charge in [-0.1, -0.05) is 18.2 Å². The Balaban J connectivity index is 1.92. The van der Waals surface area contributed by atoms with Gasteiger partial charge >= 0.3 is 12.0 Å². The lowest BCUT2D eigenvalue weighted by Gasteiger charge is -2.31. The van der Waals surface area contributed by atoms with Crippen LogP contribution >= 0.6 is 0 Å². The van der Waals surface area contributed by atoms with Gasteiger partial charge in [0.15, 0.2) is 0 Å². The number of nitrogens with one attached hydrogen (secondary N) is 1. The van der Waals surface area contributed by atoms with Crippen molar-refractivity contribution in [3.05, 3.63) is 29.3 Å². The number of amides is 2. The number of piperidine rings is 1. The number of urea groups is 1. The molecule has 1 aliphatic rings. The Hall–Kier alpha value is -2.04. The van der Waals surface area contributed by atoms with Crippen LogP contribution in [0.15, 0.2) is 18.2 Å². The van der Waals surface area contributed by atoms with Crippen molar-refractivity contribution in [2.45, 2.75) is 33.6 Å². The highest BCUT2D eigenvalue weighted by atomic mass is 16.5. The minimum absolute atomic E-state index is 0.0794. The van der Waals surface area contributed by atoms with Crippen molar-refractivity contribution in [3.8, 4) is 0 Å². The molecule has 5 heteroatoms. The number of rotatable bonds is 3. The number of para-hydroxylation sites is 1. The number of likely N-dealkylation sites (tertiary alicyclic amines) is 1. The normalized spacial score (nSPS) is 15.5. The Morgan fingerprint density at radius 1 is 1.23 bits per heavy atom. The maximum Gasteiger partial charge on any atom is 0.321 e. The van der Waals surface area contributed by atoms with Gasteiger partial charge in [0.25, 0.3) is 0 Å². The third kappa shape index (κ3) is 3.78. The van der Waals surface area contributed by atoms with Crippen LogP contribution in [-0.2, 0) is 9.53 Å². The van der Waals surface area contributed by atoms with Gasteiger partial charge in [-0.05, 0) is 44.7 Å². The fourth-order valence-electron chi connectivity index (χ4n) is 2.78. The van der Waals surface area contributed by atoms with Gasteiger partial charge < -0.3 is 15.0 Å². The SMILES string of the molecule is CCOC(=O)C1CCN(C(=O)Nc2c(C)cccc2C)CC1. The van der Waals surface area contributed by atoms with Crippen molar-refractivity contribution in [2.24, 2.45) is 5.92 Å². The smallest absolute Gasteiger partial charge is 0.321 e. The zero-order valence-electron chi connectivity index (χ0n) is 13.5. The van der Waals surface area contributed by atoms with Crippen LogP contribution in [0.25, 0.3) is 0 Å². The molecular formula is C17H24N2O3. The third-order valence-corrected chi connectivity index (χ3v) is 4.12. The fourth-order valence-corrected chi connectivity index (χ4v) is 2.78. The molecule has 5 nitrogen and oxygen atoms in total. The van der Waals surface area contributed by atoms with E-state index in [1.807, 2.05) is 39.0 Å². The molecular weight excluding hydrogens is 280 g/mol. The first-order chi connectivity index (χ1) is 10.5. The minimum atomic E-state index is -0.141. The molecule has 0 bridgehead atoms. The molecule has 1 aliphatic heterocycles. The first kappa shape index (κ1) is 16.3. The van der Waals surface area contributed by atoms with Gasteiger partial charge in [0.05, 0.1) is 12.5 Å². The molecule has 1 N–H and O–H groups in total. The highest BCUT2D eigenvalue weighted by Gasteiger charge is 2.28. The lowest BCUT2D eigenvalue weighted by atomic mass is 9.97. The van der Waals surface area contributed by atoms with Crippen LogP contribution in [0.5, 0.6) is 0 Å². The maximum absolute atomic E-state index is 12.4. The fraction of sp³-hybridized carbons (Fsp3) is 0.529. The number of hydrogen-bond donors (Lipinski definition) is 1. The average Bonchev–Trinajstić information content (AvgIpc) is 2.51. The van der Waals surface area contributed by atoms with E-state index in [0.717, 1.165) is 16.8 Å². The molecule has 22 heavy (non-hydrogen) atoms. The standard InChI is InChI=1S/C17H24N2O3/c1-4-22-16(20)14-8-10-19(11-9-14)17(21)18-15-12(2)6-5-7-13(15)3/h5-7,14H,4,8-11H2,1-3H3,(H,18,21). The van der Waals surface area contributed by atoms with Crippen LogP contribution < -0.4 is 5.32 Å². The topological polar surface area (TPSA) is 58.6 Å². The van der Waals surface area contributed by atoms with E-state index < -0.39 is 0 Å². The summed E-state index contributed by atoms with van der Waals surface area (Å²) in [6.45, 7) is 7.35. The Labute approximate surface area is 131 Å². The molecule has 2 rings (SSSR count). The Bertz CT molecular complexity index is 529. The second-order valence-electron chi connectivity index (χ2n) is 5.71. The molecule has 1 aromatic rings. The van der Waals surface area contributed by atoms with E-state index in [4.69, 9.17) is 4.74 Å². The van der Waals surface area contributed by atoms with E-state index in [2.05, 4.69) is 5.32 Å². The first-order valence-electron chi connectivity index (χ1n) is 7.81. The Morgan fingerprint density at radius 2 is 1.82 bits per heavy atom. The number of benzene rings is 1. The first-order valence-corrected chi connectivity index (χ1v) is 7.81. The molecule has 0 aromatic heterocycles. The lowest BCUT2D eigenvalue weighted by Crippen LogP contribution is -2.42. The molecule has 1 saturated heterocycles. The second kappa shape index (κ2) is 7.29. The van der Waals surface area contributed by atoms with Gasteiger partial charge in [-0.2, -0.15) is 0 Å². The van der Waals surface area contributed by atoms with E-state index in [0.29, 0.717) is 32.5 Å². The van der Waals surface area contributed by atoms with Crippen molar-refractivity contribution in [1.82, 2.24) is 4.90 Å². The van der Waals surface area contributed by atoms with Crippen molar-refractivity contribution in [3.63, 3.8) is 0 Å². The zero-order chi connectivity index (χ0) is 16.1. The van der Waals surface area contributed by atoms with Crippen LogP contribution in [0, 0.1) is 19.8 Å². The predicted molar refractivity (Wildman–Crippen MR) is 85.9 cm³/mol. The summed E-state index contributed by atoms with van der Waals surface area (Å²) in [5.41, 5.74) is 2.98. The number of ether oxygens (including phenoxy) is 1. The molecule has 1 heterocycles. The highest BCUT2D eigenvalue weighted by Crippen LogP contribution is 2.22. The molecule has 0 radical (unpaired) electrons. The van der Waals surface area contributed by atoms with Crippen LogP contribution in [-0.4, -0.2) is 36.6 Å². The summed E-state index contributed by atoms with van der Waals surface area (Å²) in [7, 11) is 0. The Morgan fingerprint density at radius 3 is 2.36 bits per heavy atom. The summed E-state index contributed by atoms with van der Waals surface area (Å²) in [5, 5.41) is 2.99. The summed E-state index contributed by atoms with van der Waals surface area (Å²) in [4.78, 5) is 25.9. The zero-order valence-corrected chi connectivity index (χ0v) is 13.5. The summed E-state index contributed by atoms with van der Waals surface area (Å²) >= 11 is 0. The number of aryl methyl sites for hydroxylation is 2. The molecule has 0 spiro atoms. The molecule has 1 fully saturated rings. The molecule has 0 saturated carbocycles. The quantitative estimate of drug-likeness (QED) is 0.873. The second-order valence-corrected chi connectivity index (χ2v) is 5.71. The van der Waals surface area contributed by atoms with E-state index in [-0.39, 0.29) is 17.9 Å². The van der Waals surface area contributed by atoms with Gasteiger partial charge in [0, 0.05) is 18.8 Å². The van der Waals surface area contributed by atoms with Crippen LogP contribution in [0.1, 0.15) is 30.9 Å². The van der Waals surface area contributed by atoms with Gasteiger partial charge in [-0.3, -0.25) is 4.79 Å². The molecule has 1 aromatic carbocycles. The van der Waals surface area contributed by atoms with E-state index >= 15 is 0 Å². The minimum Gasteiger partial charge on any atom is -0.466 e. The Kier molecular flexibility index (Phi) is 5.41. The number of carbonyl (C=O) groups is 2. The van der Waals surface area contributed by atoms with Gasteiger partial charge in [-0.25, -0.2) is 4.79 Å².